The number of hydrogen-bond acceptors (Lipinski definition) is 1. The van der Waals surface area contributed by atoms with Crippen molar-refractivity contribution in [1.82, 2.24) is 9.55 Å². The van der Waals surface area contributed by atoms with E-state index in [1.807, 2.05) is 0 Å². The van der Waals surface area contributed by atoms with E-state index in [0.717, 1.165) is 5.62 Å². The van der Waals surface area contributed by atoms with E-state index >= 15 is 0 Å². The Morgan fingerprint density at radius 3 is 2.75 bits per heavy atom. The fourth-order valence-corrected chi connectivity index (χ4v) is 2.60. The van der Waals surface area contributed by atoms with E-state index in [1.165, 1.54) is 30.7 Å². The smallest absolute Gasteiger partial charge is 0.202 e. The summed E-state index contributed by atoms with van der Waals surface area (Å²) in [6, 6.07) is 0.342. The zero-order valence-corrected chi connectivity index (χ0v) is 11.1. The average Bonchev–Trinajstić information content (AvgIpc) is 2.45. The van der Waals surface area contributed by atoms with Crippen molar-refractivity contribution in [1.29, 1.82) is 0 Å². The Morgan fingerprint density at radius 2 is 2.19 bits per heavy atom. The molecule has 0 bridgehead atoms. The third-order valence-electron chi connectivity index (χ3n) is 3.52. The SMILES string of the molecule is BC1(C)CCCc2c1[nH]/c(=N\C(C)C)n2C. The number of fused-ring (bicyclic) bond motifs is 1. The molecule has 1 atom stereocenters. The Bertz CT molecular complexity index is 451. The van der Waals surface area contributed by atoms with Crippen LogP contribution in [0.5, 0.6) is 0 Å². The molecule has 0 spiro atoms. The molecule has 4 heteroatoms. The van der Waals surface area contributed by atoms with Crippen LogP contribution in [0.25, 0.3) is 0 Å². The van der Waals surface area contributed by atoms with Gasteiger partial charge >= 0.3 is 0 Å². The van der Waals surface area contributed by atoms with E-state index in [2.05, 4.69) is 50.2 Å². The van der Waals surface area contributed by atoms with Gasteiger partial charge in [-0.3, -0.25) is 0 Å². The molecule has 2 rings (SSSR count). The first-order chi connectivity index (χ1) is 7.42. The first-order valence-corrected chi connectivity index (χ1v) is 6.24. The van der Waals surface area contributed by atoms with Gasteiger partial charge in [-0.25, -0.2) is 4.99 Å². The molecule has 1 aliphatic carbocycles. The van der Waals surface area contributed by atoms with Crippen molar-refractivity contribution in [2.75, 3.05) is 0 Å². The number of aromatic amines is 1. The largest absolute Gasteiger partial charge is 0.328 e. The molecule has 3 nitrogen and oxygen atoms in total. The first kappa shape index (κ1) is 11.6. The van der Waals surface area contributed by atoms with Crippen LogP contribution in [0.2, 0.25) is 0 Å². The highest BCUT2D eigenvalue weighted by Crippen LogP contribution is 2.31. The maximum atomic E-state index is 4.64. The van der Waals surface area contributed by atoms with Crippen LogP contribution >= 0.6 is 0 Å². The molecule has 0 saturated heterocycles. The van der Waals surface area contributed by atoms with E-state index in [1.54, 1.807) is 0 Å². The second-order valence-corrected chi connectivity index (χ2v) is 5.79. The summed E-state index contributed by atoms with van der Waals surface area (Å²) in [4.78, 5) is 8.16. The number of H-pyrrole nitrogens is 1. The summed E-state index contributed by atoms with van der Waals surface area (Å²) in [6.45, 7) is 6.55. The van der Waals surface area contributed by atoms with Crippen molar-refractivity contribution in [2.45, 2.75) is 51.4 Å². The molecule has 88 valence electrons. The second-order valence-electron chi connectivity index (χ2n) is 5.79. The topological polar surface area (TPSA) is 33.1 Å². The number of rotatable bonds is 1. The van der Waals surface area contributed by atoms with Crippen molar-refractivity contribution in [3.63, 3.8) is 0 Å². The lowest BCUT2D eigenvalue weighted by molar-refractivity contribution is 0.511. The van der Waals surface area contributed by atoms with E-state index < -0.39 is 0 Å². The zero-order chi connectivity index (χ0) is 11.9. The van der Waals surface area contributed by atoms with Crippen molar-refractivity contribution in [2.24, 2.45) is 12.0 Å². The summed E-state index contributed by atoms with van der Waals surface area (Å²) >= 11 is 0. The van der Waals surface area contributed by atoms with Crippen LogP contribution in [-0.2, 0) is 18.8 Å². The van der Waals surface area contributed by atoms with Crippen LogP contribution < -0.4 is 5.62 Å². The number of imidazole rings is 1. The third kappa shape index (κ3) is 1.85. The molecular weight excluding hydrogens is 197 g/mol. The molecule has 0 saturated carbocycles. The summed E-state index contributed by atoms with van der Waals surface area (Å²) in [5.74, 6) is 0. The molecule has 0 amide bonds. The number of nitrogens with zero attached hydrogens (tertiary/aromatic N) is 2. The maximum Gasteiger partial charge on any atom is 0.202 e. The Morgan fingerprint density at radius 1 is 1.50 bits per heavy atom. The highest BCUT2D eigenvalue weighted by molar-refractivity contribution is 6.15. The molecule has 1 aliphatic rings. The van der Waals surface area contributed by atoms with Gasteiger partial charge in [0.1, 0.15) is 7.85 Å². The molecule has 16 heavy (non-hydrogen) atoms. The van der Waals surface area contributed by atoms with Gasteiger partial charge in [-0.2, -0.15) is 0 Å². The van der Waals surface area contributed by atoms with Gasteiger partial charge in [-0.05, 0) is 38.4 Å². The fraction of sp³-hybridized carbons (Fsp3) is 0.750. The van der Waals surface area contributed by atoms with Crippen LogP contribution in [0.4, 0.5) is 0 Å². The van der Waals surface area contributed by atoms with Crippen LogP contribution in [0, 0.1) is 0 Å². The molecule has 1 unspecified atom stereocenters. The highest BCUT2D eigenvalue weighted by Gasteiger charge is 2.30. The lowest BCUT2D eigenvalue weighted by Crippen LogP contribution is -2.28. The van der Waals surface area contributed by atoms with Gasteiger partial charge in [-0.1, -0.05) is 6.92 Å². The van der Waals surface area contributed by atoms with Gasteiger partial charge < -0.3 is 9.55 Å². The predicted octanol–water partition coefficient (Wildman–Crippen LogP) is 0.847. The quantitative estimate of drug-likeness (QED) is 0.679. The van der Waals surface area contributed by atoms with E-state index in [9.17, 15) is 0 Å². The Balaban J connectivity index is 2.59. The van der Waals surface area contributed by atoms with Gasteiger partial charge in [0.2, 0.25) is 5.62 Å². The highest BCUT2D eigenvalue weighted by atomic mass is 15.1. The molecule has 1 N–H and O–H groups in total. The zero-order valence-electron chi connectivity index (χ0n) is 11.1. The van der Waals surface area contributed by atoms with Crippen molar-refractivity contribution in [3.05, 3.63) is 17.0 Å². The minimum Gasteiger partial charge on any atom is -0.328 e. The Kier molecular flexibility index (Phi) is 2.76. The second kappa shape index (κ2) is 3.83. The summed E-state index contributed by atoms with van der Waals surface area (Å²) < 4.78 is 2.23. The summed E-state index contributed by atoms with van der Waals surface area (Å²) in [6.07, 6.45) is 3.73. The van der Waals surface area contributed by atoms with Gasteiger partial charge in [-0.15, -0.1) is 0 Å². The van der Waals surface area contributed by atoms with Crippen molar-refractivity contribution in [3.8, 4) is 0 Å². The molecule has 0 aromatic carbocycles. The molecule has 1 heterocycles. The van der Waals surface area contributed by atoms with Crippen LogP contribution in [0.1, 0.15) is 45.0 Å². The first-order valence-electron chi connectivity index (χ1n) is 6.24. The summed E-state index contributed by atoms with van der Waals surface area (Å²) in [5, 5.41) is 0.274. The van der Waals surface area contributed by atoms with Crippen LogP contribution in [-0.4, -0.2) is 23.4 Å². The lowest BCUT2D eigenvalue weighted by atomic mass is 9.62. The maximum absolute atomic E-state index is 4.64. The normalized spacial score (nSPS) is 26.2. The van der Waals surface area contributed by atoms with Gasteiger partial charge in [0.15, 0.2) is 0 Å². The fourth-order valence-electron chi connectivity index (χ4n) is 2.60. The molecule has 0 fully saturated rings. The predicted molar refractivity (Wildman–Crippen MR) is 69.3 cm³/mol. The summed E-state index contributed by atoms with van der Waals surface area (Å²) in [7, 11) is 4.44. The van der Waals surface area contributed by atoms with Gasteiger partial charge in [0.25, 0.3) is 0 Å². The average molecular weight is 219 g/mol. The van der Waals surface area contributed by atoms with E-state index in [4.69, 9.17) is 0 Å². The van der Waals surface area contributed by atoms with Crippen molar-refractivity contribution >= 4 is 7.85 Å². The van der Waals surface area contributed by atoms with Crippen LogP contribution in [0.15, 0.2) is 4.99 Å². The standard InChI is InChI=1S/C12H22BN3/c1-8(2)14-11-15-10-9(16(11)4)6-5-7-12(10,3)13/h8H,5-7,13H2,1-4H3,(H,14,15). The molecular formula is C12H22BN3. The van der Waals surface area contributed by atoms with E-state index in [0.29, 0.717) is 6.04 Å². The molecule has 0 aliphatic heterocycles. The minimum absolute atomic E-state index is 0.274. The van der Waals surface area contributed by atoms with Gasteiger partial charge in [0.05, 0.1) is 0 Å². The summed E-state index contributed by atoms with van der Waals surface area (Å²) in [5.41, 5.74) is 3.85. The third-order valence-corrected chi connectivity index (χ3v) is 3.52. The molecule has 1 aromatic heterocycles. The van der Waals surface area contributed by atoms with Gasteiger partial charge in [0, 0.05) is 24.5 Å². The Hall–Kier alpha value is -0.925. The molecule has 1 aromatic rings. The monoisotopic (exact) mass is 219 g/mol. The lowest BCUT2D eigenvalue weighted by Gasteiger charge is -2.29. The van der Waals surface area contributed by atoms with Crippen LogP contribution in [0.3, 0.4) is 0 Å². The molecule has 0 radical (unpaired) electrons. The Labute approximate surface area is 98.4 Å². The van der Waals surface area contributed by atoms with E-state index in [-0.39, 0.29) is 5.31 Å². The number of nitrogens with one attached hydrogen (secondary N) is 1. The number of aromatic nitrogens is 2. The van der Waals surface area contributed by atoms with Crippen molar-refractivity contribution < 1.29 is 0 Å². The number of hydrogen-bond donors (Lipinski definition) is 1. The minimum atomic E-state index is 0.274.